The van der Waals surface area contributed by atoms with Crippen molar-refractivity contribution in [1.82, 2.24) is 24.2 Å². The Balaban J connectivity index is 1.83. The lowest BCUT2D eigenvalue weighted by atomic mass is 10.1. The molecule has 0 radical (unpaired) electrons. The molecule has 8 nitrogen and oxygen atoms in total. The Morgan fingerprint density at radius 1 is 1.21 bits per heavy atom. The summed E-state index contributed by atoms with van der Waals surface area (Å²) in [5.74, 6) is -0.415. The second-order valence-electron chi connectivity index (χ2n) is 6.54. The van der Waals surface area contributed by atoms with Gasteiger partial charge in [-0.1, -0.05) is 18.2 Å². The van der Waals surface area contributed by atoms with Gasteiger partial charge in [-0.3, -0.25) is 14.2 Å². The van der Waals surface area contributed by atoms with Crippen molar-refractivity contribution in [2.75, 3.05) is 5.73 Å². The van der Waals surface area contributed by atoms with Gasteiger partial charge in [-0.25, -0.2) is 9.97 Å². The number of nitrogens with one attached hydrogen (secondary N) is 1. The molecule has 9 heteroatoms. The van der Waals surface area contributed by atoms with Crippen molar-refractivity contribution >= 4 is 33.3 Å². The SMILES string of the molecule is Cc1nsc2cc(C(C)NC(=O)c3nccnc3N)n(-c3ccccc3)c(=O)c12. The first-order valence-corrected chi connectivity index (χ1v) is 9.69. The average Bonchev–Trinajstić information content (AvgIpc) is 3.09. The number of nitrogens with two attached hydrogens (primary N) is 1. The summed E-state index contributed by atoms with van der Waals surface area (Å²) in [5, 5.41) is 3.45. The van der Waals surface area contributed by atoms with Crippen LogP contribution in [-0.2, 0) is 0 Å². The Kier molecular flexibility index (Phi) is 4.81. The summed E-state index contributed by atoms with van der Waals surface area (Å²) in [4.78, 5) is 33.9. The first kappa shape index (κ1) is 18.8. The van der Waals surface area contributed by atoms with Gasteiger partial charge >= 0.3 is 0 Å². The summed E-state index contributed by atoms with van der Waals surface area (Å²) in [7, 11) is 0. The van der Waals surface area contributed by atoms with Crippen LogP contribution in [0.1, 0.15) is 34.8 Å². The van der Waals surface area contributed by atoms with Crippen molar-refractivity contribution in [3.63, 3.8) is 0 Å². The zero-order valence-corrected chi connectivity index (χ0v) is 16.6. The molecule has 4 rings (SSSR count). The predicted octanol–water partition coefficient (Wildman–Crippen LogP) is 2.62. The third-order valence-corrected chi connectivity index (χ3v) is 5.47. The number of amides is 1. The van der Waals surface area contributed by atoms with Crippen LogP contribution >= 0.6 is 11.5 Å². The fourth-order valence-corrected chi connectivity index (χ4v) is 4.02. The monoisotopic (exact) mass is 406 g/mol. The smallest absolute Gasteiger partial charge is 0.274 e. The molecule has 0 bridgehead atoms. The standard InChI is InChI=1S/C20H18N6O2S/c1-11(24-19(27)17-18(21)23-9-8-22-17)14-10-15-16(12(2)25-29-15)20(28)26(14)13-6-4-3-5-7-13/h3-11H,1-2H3,(H2,21,23)(H,24,27). The third kappa shape index (κ3) is 3.36. The van der Waals surface area contributed by atoms with E-state index in [0.29, 0.717) is 22.5 Å². The fraction of sp³-hybridized carbons (Fsp3) is 0.150. The number of benzene rings is 1. The van der Waals surface area contributed by atoms with Crippen molar-refractivity contribution in [2.24, 2.45) is 0 Å². The zero-order valence-electron chi connectivity index (χ0n) is 15.8. The van der Waals surface area contributed by atoms with Gasteiger partial charge in [-0.2, -0.15) is 4.37 Å². The number of para-hydroxylation sites is 1. The van der Waals surface area contributed by atoms with Crippen LogP contribution in [0.3, 0.4) is 0 Å². The van der Waals surface area contributed by atoms with E-state index in [4.69, 9.17) is 5.73 Å². The highest BCUT2D eigenvalue weighted by atomic mass is 32.1. The summed E-state index contributed by atoms with van der Waals surface area (Å²) < 4.78 is 6.70. The number of pyridine rings is 1. The van der Waals surface area contributed by atoms with Crippen molar-refractivity contribution in [3.8, 4) is 5.69 Å². The number of rotatable bonds is 4. The number of aromatic nitrogens is 4. The van der Waals surface area contributed by atoms with E-state index >= 15 is 0 Å². The van der Waals surface area contributed by atoms with E-state index in [0.717, 1.165) is 4.70 Å². The van der Waals surface area contributed by atoms with Gasteiger partial charge in [-0.05, 0) is 43.6 Å². The molecule has 29 heavy (non-hydrogen) atoms. The molecule has 0 aliphatic heterocycles. The van der Waals surface area contributed by atoms with Gasteiger partial charge in [0.1, 0.15) is 0 Å². The van der Waals surface area contributed by atoms with E-state index in [2.05, 4.69) is 19.7 Å². The molecule has 0 spiro atoms. The molecule has 0 saturated carbocycles. The maximum atomic E-state index is 13.3. The summed E-state index contributed by atoms with van der Waals surface area (Å²) >= 11 is 1.26. The Bertz CT molecular complexity index is 1270. The summed E-state index contributed by atoms with van der Waals surface area (Å²) in [5.41, 5.74) is 7.67. The molecule has 0 fully saturated rings. The first-order valence-electron chi connectivity index (χ1n) is 8.92. The lowest BCUT2D eigenvalue weighted by Crippen LogP contribution is -2.32. The number of aryl methyl sites for hydroxylation is 1. The number of fused-ring (bicyclic) bond motifs is 1. The third-order valence-electron chi connectivity index (χ3n) is 4.59. The normalized spacial score (nSPS) is 12.1. The maximum absolute atomic E-state index is 13.3. The van der Waals surface area contributed by atoms with Crippen LogP contribution in [-0.4, -0.2) is 24.8 Å². The predicted molar refractivity (Wildman–Crippen MR) is 112 cm³/mol. The van der Waals surface area contributed by atoms with E-state index in [1.165, 1.54) is 23.9 Å². The minimum atomic E-state index is -0.497. The van der Waals surface area contributed by atoms with E-state index in [1.54, 1.807) is 11.5 Å². The van der Waals surface area contributed by atoms with Crippen LogP contribution in [0, 0.1) is 6.92 Å². The van der Waals surface area contributed by atoms with E-state index < -0.39 is 11.9 Å². The second kappa shape index (κ2) is 7.44. The van der Waals surface area contributed by atoms with Gasteiger partial charge in [-0.15, -0.1) is 0 Å². The van der Waals surface area contributed by atoms with Gasteiger partial charge in [0.2, 0.25) is 0 Å². The van der Waals surface area contributed by atoms with Crippen LogP contribution in [0.4, 0.5) is 5.82 Å². The van der Waals surface area contributed by atoms with Crippen molar-refractivity contribution in [2.45, 2.75) is 19.9 Å². The van der Waals surface area contributed by atoms with Crippen LogP contribution in [0.2, 0.25) is 0 Å². The van der Waals surface area contributed by atoms with Crippen LogP contribution in [0.5, 0.6) is 0 Å². The van der Waals surface area contributed by atoms with Crippen LogP contribution in [0.25, 0.3) is 15.8 Å². The fourth-order valence-electron chi connectivity index (χ4n) is 3.20. The number of nitrogens with zero attached hydrogens (tertiary/aromatic N) is 4. The van der Waals surface area contributed by atoms with E-state index in [1.807, 2.05) is 43.3 Å². The van der Waals surface area contributed by atoms with Crippen LogP contribution in [0.15, 0.2) is 53.6 Å². The van der Waals surface area contributed by atoms with Gasteiger partial charge in [0.25, 0.3) is 11.5 Å². The molecule has 0 saturated heterocycles. The van der Waals surface area contributed by atoms with Crippen molar-refractivity contribution < 1.29 is 4.79 Å². The zero-order chi connectivity index (χ0) is 20.5. The Morgan fingerprint density at radius 2 is 1.93 bits per heavy atom. The Hall–Kier alpha value is -3.59. The molecule has 146 valence electrons. The number of carbonyl (C=O) groups excluding carboxylic acids is 1. The lowest BCUT2D eigenvalue weighted by molar-refractivity contribution is 0.0934. The van der Waals surface area contributed by atoms with Crippen molar-refractivity contribution in [3.05, 3.63) is 76.2 Å². The quantitative estimate of drug-likeness (QED) is 0.538. The summed E-state index contributed by atoms with van der Waals surface area (Å²) in [6, 6.07) is 10.7. The van der Waals surface area contributed by atoms with Gasteiger partial charge < -0.3 is 11.1 Å². The molecule has 0 aliphatic carbocycles. The number of carbonyl (C=O) groups is 1. The van der Waals surface area contributed by atoms with Gasteiger partial charge in [0, 0.05) is 23.8 Å². The van der Waals surface area contributed by atoms with Gasteiger partial charge in [0.05, 0.1) is 21.8 Å². The Morgan fingerprint density at radius 3 is 2.66 bits per heavy atom. The summed E-state index contributed by atoms with van der Waals surface area (Å²) in [6.45, 7) is 3.62. The number of hydrogen-bond acceptors (Lipinski definition) is 7. The summed E-state index contributed by atoms with van der Waals surface area (Å²) in [6.07, 6.45) is 2.82. The molecule has 4 aromatic rings. The largest absolute Gasteiger partial charge is 0.382 e. The molecular weight excluding hydrogens is 388 g/mol. The molecule has 3 aromatic heterocycles. The number of hydrogen-bond donors (Lipinski definition) is 2. The lowest BCUT2D eigenvalue weighted by Gasteiger charge is -2.20. The topological polar surface area (TPSA) is 116 Å². The molecule has 1 atom stereocenters. The highest BCUT2D eigenvalue weighted by Crippen LogP contribution is 2.25. The highest BCUT2D eigenvalue weighted by Gasteiger charge is 2.22. The van der Waals surface area contributed by atoms with Gasteiger partial charge in [0.15, 0.2) is 11.5 Å². The number of nitrogen functional groups attached to an aromatic ring is 1. The van der Waals surface area contributed by atoms with E-state index in [9.17, 15) is 9.59 Å². The molecule has 1 unspecified atom stereocenters. The minimum absolute atomic E-state index is 0.0441. The first-order chi connectivity index (χ1) is 14.0. The minimum Gasteiger partial charge on any atom is -0.382 e. The maximum Gasteiger partial charge on any atom is 0.274 e. The van der Waals surface area contributed by atoms with Crippen LogP contribution < -0.4 is 16.6 Å². The molecule has 1 aromatic carbocycles. The molecular formula is C20H18N6O2S. The molecule has 3 heterocycles. The highest BCUT2D eigenvalue weighted by molar-refractivity contribution is 7.13. The van der Waals surface area contributed by atoms with Crippen molar-refractivity contribution in [1.29, 1.82) is 0 Å². The molecule has 1 amide bonds. The molecule has 3 N–H and O–H groups in total. The molecule has 0 aliphatic rings. The Labute approximate surface area is 170 Å². The second-order valence-corrected chi connectivity index (χ2v) is 7.34. The number of anilines is 1. The van der Waals surface area contributed by atoms with E-state index in [-0.39, 0.29) is 17.1 Å². The average molecular weight is 406 g/mol.